The molecule has 0 nitrogen and oxygen atoms in total. The van der Waals surface area contributed by atoms with Crippen LogP contribution in [0, 0.1) is 0 Å². The number of benzene rings is 2. The summed E-state index contributed by atoms with van der Waals surface area (Å²) in [5.41, 5.74) is 1.04. The van der Waals surface area contributed by atoms with E-state index >= 15 is 0 Å². The minimum atomic E-state index is 0. The topological polar surface area (TPSA) is 0 Å². The van der Waals surface area contributed by atoms with E-state index in [0.29, 0.717) is 4.20 Å². The Kier molecular flexibility index (Phi) is 4.61. The van der Waals surface area contributed by atoms with Crippen LogP contribution in [-0.2, 0) is 0 Å². The van der Waals surface area contributed by atoms with Gasteiger partial charge >= 0.3 is 0 Å². The molecule has 0 fully saturated rings. The van der Waals surface area contributed by atoms with Crippen LogP contribution >= 0.6 is 24.8 Å². The Balaban J connectivity index is 0.000000980. The average molecular weight is 227 g/mol. The fraction of sp³-hybridized carbons (Fsp3) is 0. The number of thiocarbonyl (C=S) groups is 1. The first-order valence-corrected chi connectivity index (χ1v) is 4.85. The zero-order valence-corrected chi connectivity index (χ0v) is 11.6. The average Bonchev–Trinajstić information content (AvgIpc) is 2.17. The molecule has 0 aliphatic heterocycles. The molecule has 0 unspecified atom stereocenters. The summed E-state index contributed by atoms with van der Waals surface area (Å²) >= 11 is 9.25. The van der Waals surface area contributed by atoms with Crippen LogP contribution in [0.4, 0.5) is 0 Å². The van der Waals surface area contributed by atoms with Crippen LogP contribution < -0.4 is 0 Å². The summed E-state index contributed by atoms with van der Waals surface area (Å²) in [5.74, 6) is 0. The van der Waals surface area contributed by atoms with Crippen molar-refractivity contribution in [3.05, 3.63) is 48.0 Å². The molecule has 1 radical (unpaired) electrons. The van der Waals surface area contributed by atoms with Gasteiger partial charge in [-0.3, -0.25) is 0 Å². The minimum Gasteiger partial charge on any atom is -0.131 e. The SMILES string of the molecule is S=C(S)c1cccc2ccccc12.[Na]. The Morgan fingerprint density at radius 3 is 2.36 bits per heavy atom. The standard InChI is InChI=1S/C11H8S2.Na/c12-11(13)10-7-3-5-8-4-1-2-6-9(8)10;/h1-7H,(H,12,13);. The van der Waals surface area contributed by atoms with Gasteiger partial charge in [-0.2, -0.15) is 0 Å². The van der Waals surface area contributed by atoms with Crippen LogP contribution in [0.2, 0.25) is 0 Å². The monoisotopic (exact) mass is 227 g/mol. The molecule has 0 bridgehead atoms. The number of fused-ring (bicyclic) bond motifs is 1. The van der Waals surface area contributed by atoms with E-state index < -0.39 is 0 Å². The maximum absolute atomic E-state index is 5.05. The van der Waals surface area contributed by atoms with Crippen LogP contribution in [0.25, 0.3) is 10.8 Å². The molecule has 0 aliphatic carbocycles. The molecule has 3 heteroatoms. The van der Waals surface area contributed by atoms with Crippen LogP contribution in [0.5, 0.6) is 0 Å². The van der Waals surface area contributed by atoms with Crippen molar-refractivity contribution in [3.63, 3.8) is 0 Å². The van der Waals surface area contributed by atoms with Crippen LogP contribution in [-0.4, -0.2) is 33.8 Å². The van der Waals surface area contributed by atoms with Crippen molar-refractivity contribution in [1.82, 2.24) is 0 Å². The zero-order valence-electron chi connectivity index (χ0n) is 7.90. The Bertz CT molecular complexity index is 460. The predicted octanol–water partition coefficient (Wildman–Crippen LogP) is 3.06. The second kappa shape index (κ2) is 5.29. The van der Waals surface area contributed by atoms with Crippen molar-refractivity contribution < 1.29 is 0 Å². The first kappa shape index (κ1) is 12.2. The fourth-order valence-electron chi connectivity index (χ4n) is 1.41. The van der Waals surface area contributed by atoms with Crippen molar-refractivity contribution in [3.8, 4) is 0 Å². The number of thiol groups is 1. The first-order chi connectivity index (χ1) is 6.29. The normalized spacial score (nSPS) is 9.50. The van der Waals surface area contributed by atoms with Gasteiger partial charge in [-0.15, -0.1) is 12.6 Å². The third kappa shape index (κ3) is 2.38. The van der Waals surface area contributed by atoms with Crippen LogP contribution in [0.3, 0.4) is 0 Å². The van der Waals surface area contributed by atoms with Gasteiger partial charge in [0.2, 0.25) is 0 Å². The summed E-state index contributed by atoms with van der Waals surface area (Å²) in [6.45, 7) is 0. The molecule has 2 aromatic rings. The van der Waals surface area contributed by atoms with Gasteiger partial charge in [-0.1, -0.05) is 54.7 Å². The Hall–Kier alpha value is 0.140. The summed E-state index contributed by atoms with van der Waals surface area (Å²) in [4.78, 5) is 0. The molecule has 0 N–H and O–H groups in total. The van der Waals surface area contributed by atoms with E-state index in [1.54, 1.807) is 0 Å². The summed E-state index contributed by atoms with van der Waals surface area (Å²) in [6, 6.07) is 14.2. The van der Waals surface area contributed by atoms with E-state index in [9.17, 15) is 0 Å². The summed E-state index contributed by atoms with van der Waals surface area (Å²) in [5, 5.41) is 2.38. The molecule has 0 aliphatic rings. The van der Waals surface area contributed by atoms with Gasteiger partial charge in [0, 0.05) is 35.1 Å². The zero-order chi connectivity index (χ0) is 9.26. The van der Waals surface area contributed by atoms with Crippen molar-refractivity contribution in [1.29, 1.82) is 0 Å². The Morgan fingerprint density at radius 2 is 1.64 bits per heavy atom. The molecular formula is C11H8NaS2. The molecule has 0 heterocycles. The Labute approximate surface area is 116 Å². The van der Waals surface area contributed by atoms with Crippen LogP contribution in [0.15, 0.2) is 42.5 Å². The molecule has 0 aromatic heterocycles. The van der Waals surface area contributed by atoms with Crippen molar-refractivity contribution in [2.75, 3.05) is 0 Å². The van der Waals surface area contributed by atoms with Gasteiger partial charge in [0.15, 0.2) is 0 Å². The van der Waals surface area contributed by atoms with Gasteiger partial charge in [0.25, 0.3) is 0 Å². The van der Waals surface area contributed by atoms with Crippen LogP contribution in [0.1, 0.15) is 5.56 Å². The second-order valence-electron chi connectivity index (χ2n) is 2.83. The minimum absolute atomic E-state index is 0. The molecule has 0 saturated heterocycles. The van der Waals surface area contributed by atoms with E-state index in [4.69, 9.17) is 12.2 Å². The summed E-state index contributed by atoms with van der Waals surface area (Å²) in [7, 11) is 0. The number of hydrogen-bond acceptors (Lipinski definition) is 1. The third-order valence-electron chi connectivity index (χ3n) is 2.02. The van der Waals surface area contributed by atoms with E-state index in [1.165, 1.54) is 10.8 Å². The molecule has 65 valence electrons. The van der Waals surface area contributed by atoms with Gasteiger partial charge in [-0.05, 0) is 10.8 Å². The molecular weight excluding hydrogens is 219 g/mol. The van der Waals surface area contributed by atoms with Crippen molar-refractivity contribution in [2.24, 2.45) is 0 Å². The maximum Gasteiger partial charge on any atom is 0.0754 e. The quantitative estimate of drug-likeness (QED) is 0.444. The van der Waals surface area contributed by atoms with Gasteiger partial charge in [-0.25, -0.2) is 0 Å². The maximum atomic E-state index is 5.05. The van der Waals surface area contributed by atoms with Crippen molar-refractivity contribution in [2.45, 2.75) is 0 Å². The summed E-state index contributed by atoms with van der Waals surface area (Å²) in [6.07, 6.45) is 0. The predicted molar refractivity (Wildman–Crippen MR) is 70.4 cm³/mol. The van der Waals surface area contributed by atoms with Gasteiger partial charge < -0.3 is 0 Å². The third-order valence-corrected chi connectivity index (χ3v) is 2.48. The van der Waals surface area contributed by atoms with E-state index in [2.05, 4.69) is 30.8 Å². The van der Waals surface area contributed by atoms with E-state index in [0.717, 1.165) is 5.56 Å². The first-order valence-electron chi connectivity index (χ1n) is 4.00. The van der Waals surface area contributed by atoms with Gasteiger partial charge in [0.05, 0.1) is 4.20 Å². The number of rotatable bonds is 1. The molecule has 0 saturated carbocycles. The smallest absolute Gasteiger partial charge is 0.0754 e. The molecule has 0 atom stereocenters. The number of hydrogen-bond donors (Lipinski definition) is 1. The molecule has 2 aromatic carbocycles. The van der Waals surface area contributed by atoms with Crippen molar-refractivity contribution >= 4 is 69.4 Å². The summed E-state index contributed by atoms with van der Waals surface area (Å²) < 4.78 is 0.650. The van der Waals surface area contributed by atoms with E-state index in [-0.39, 0.29) is 29.6 Å². The van der Waals surface area contributed by atoms with E-state index in [1.807, 2.05) is 24.3 Å². The van der Waals surface area contributed by atoms with Gasteiger partial charge in [0.1, 0.15) is 0 Å². The largest absolute Gasteiger partial charge is 0.131 e. The Morgan fingerprint density at radius 1 is 1.00 bits per heavy atom. The second-order valence-corrected chi connectivity index (χ2v) is 3.99. The molecule has 0 amide bonds. The molecule has 14 heavy (non-hydrogen) atoms. The fourth-order valence-corrected chi connectivity index (χ4v) is 1.78. The molecule has 2 rings (SSSR count). The molecule has 0 spiro atoms.